The van der Waals surface area contributed by atoms with Crippen LogP contribution < -0.4 is 5.73 Å². The summed E-state index contributed by atoms with van der Waals surface area (Å²) in [5, 5.41) is 0. The van der Waals surface area contributed by atoms with E-state index in [9.17, 15) is 40.7 Å². The van der Waals surface area contributed by atoms with E-state index in [1.54, 1.807) is 17.0 Å². The summed E-state index contributed by atoms with van der Waals surface area (Å²) in [7, 11) is 0. The lowest BCUT2D eigenvalue weighted by Gasteiger charge is -2.54. The summed E-state index contributed by atoms with van der Waals surface area (Å²) >= 11 is 0. The fourth-order valence-electron chi connectivity index (χ4n) is 6.63. The highest BCUT2D eigenvalue weighted by molar-refractivity contribution is 5.91. The van der Waals surface area contributed by atoms with Crippen molar-refractivity contribution >= 4 is 17.9 Å². The Morgan fingerprint density at radius 3 is 2.21 bits per heavy atom. The lowest BCUT2D eigenvalue weighted by atomic mass is 9.90. The molecule has 0 spiro atoms. The average molecular weight is 685 g/mol. The summed E-state index contributed by atoms with van der Waals surface area (Å²) in [6.45, 7) is 0.0786. The number of ether oxygens (including phenoxy) is 2. The summed E-state index contributed by atoms with van der Waals surface area (Å²) in [5.74, 6) is -1.41. The molecule has 4 atom stereocenters. The minimum atomic E-state index is -5.07. The molecule has 2 N–H and O–H groups in total. The van der Waals surface area contributed by atoms with Crippen molar-refractivity contribution in [1.29, 1.82) is 0 Å². The molecule has 3 fully saturated rings. The van der Waals surface area contributed by atoms with E-state index in [4.69, 9.17) is 15.2 Å². The zero-order valence-corrected chi connectivity index (χ0v) is 26.1. The maximum Gasteiger partial charge on any atom is 0.416 e. The zero-order chi connectivity index (χ0) is 34.6. The first-order valence-corrected chi connectivity index (χ1v) is 15.9. The highest BCUT2D eigenvalue weighted by atomic mass is 19.4. The second-order valence-corrected chi connectivity index (χ2v) is 12.4. The van der Waals surface area contributed by atoms with Crippen LogP contribution in [-0.2, 0) is 44.4 Å². The van der Waals surface area contributed by atoms with Crippen molar-refractivity contribution in [2.45, 2.75) is 75.8 Å². The normalized spacial score (nSPS) is 23.4. The number of piperazine rings is 1. The number of nitrogens with zero attached hydrogens (tertiary/aromatic N) is 3. The first-order chi connectivity index (χ1) is 22.8. The fourth-order valence-corrected chi connectivity index (χ4v) is 6.63. The van der Waals surface area contributed by atoms with Crippen LogP contribution in [0.15, 0.2) is 48.5 Å². The predicted octanol–water partition coefficient (Wildman–Crippen LogP) is 5.21. The maximum atomic E-state index is 14.1. The highest BCUT2D eigenvalue weighted by Gasteiger charge is 2.52. The topological polar surface area (TPSA) is 105 Å². The molecule has 0 bridgehead atoms. The molecule has 5 rings (SSSR count). The van der Waals surface area contributed by atoms with Gasteiger partial charge < -0.3 is 25.0 Å². The van der Waals surface area contributed by atoms with Gasteiger partial charge in [0.05, 0.1) is 29.7 Å². The number of nitrogens with two attached hydrogens (primary N) is 1. The third-order valence-corrected chi connectivity index (χ3v) is 8.97. The van der Waals surface area contributed by atoms with E-state index in [1.165, 1.54) is 9.80 Å². The van der Waals surface area contributed by atoms with E-state index in [0.29, 0.717) is 38.1 Å². The van der Waals surface area contributed by atoms with Crippen molar-refractivity contribution in [3.63, 3.8) is 0 Å². The predicted molar refractivity (Wildman–Crippen MR) is 160 cm³/mol. The van der Waals surface area contributed by atoms with Crippen LogP contribution in [0.4, 0.5) is 31.1 Å². The molecule has 9 nitrogen and oxygen atoms in total. The smallest absolute Gasteiger partial charge is 0.416 e. The van der Waals surface area contributed by atoms with Gasteiger partial charge in [0.15, 0.2) is 0 Å². The molecule has 0 radical (unpaired) electrons. The van der Waals surface area contributed by atoms with Crippen molar-refractivity contribution in [3.05, 3.63) is 70.8 Å². The number of fused-ring (bicyclic) bond motifs is 1. The minimum Gasteiger partial charge on any atom is -0.444 e. The molecule has 15 heteroatoms. The van der Waals surface area contributed by atoms with Crippen molar-refractivity contribution in [3.8, 4) is 0 Å². The zero-order valence-electron chi connectivity index (χ0n) is 26.1. The van der Waals surface area contributed by atoms with Gasteiger partial charge in [0.1, 0.15) is 18.8 Å². The van der Waals surface area contributed by atoms with Gasteiger partial charge >= 0.3 is 18.4 Å². The Hall–Kier alpha value is -3.85. The van der Waals surface area contributed by atoms with Crippen LogP contribution >= 0.6 is 0 Å². The summed E-state index contributed by atoms with van der Waals surface area (Å²) in [5.41, 5.74) is 2.94. The number of carbonyl (C=O) groups is 3. The number of unbranched alkanes of at least 4 members (excludes halogenated alkanes) is 1. The molecule has 2 aromatic carbocycles. The Balaban J connectivity index is 1.45. The standard InChI is InChI=1S/C33H38F6N4O5/c34-32(35,36)24-14-22(15-25(16-24)33(37,38)39)20-48-31(46)42-17-23(13-21-7-2-1-3-8-21)29(44)43-27(10-4-5-11-40)30(45)41(19-28(42)43)18-26-9-6-12-47-26/h1-3,7-8,14-16,23,26-28H,4-6,9-13,17-20,40H2/t23-,26?,27+,28-/m1/s1. The monoisotopic (exact) mass is 684 g/mol. The van der Waals surface area contributed by atoms with Gasteiger partial charge in [-0.05, 0) is 74.4 Å². The summed E-state index contributed by atoms with van der Waals surface area (Å²) < 4.78 is 91.9. The Bertz CT molecular complexity index is 1420. The lowest BCUT2D eigenvalue weighted by Crippen LogP contribution is -2.73. The van der Waals surface area contributed by atoms with E-state index >= 15 is 0 Å². The highest BCUT2D eigenvalue weighted by Crippen LogP contribution is 2.37. The van der Waals surface area contributed by atoms with Crippen LogP contribution in [0.5, 0.6) is 0 Å². The molecule has 3 amide bonds. The van der Waals surface area contributed by atoms with Gasteiger partial charge in [-0.2, -0.15) is 26.3 Å². The number of alkyl halides is 6. The van der Waals surface area contributed by atoms with Gasteiger partial charge in [-0.3, -0.25) is 14.5 Å². The van der Waals surface area contributed by atoms with E-state index in [-0.39, 0.29) is 56.5 Å². The largest absolute Gasteiger partial charge is 0.444 e. The number of amides is 3. The van der Waals surface area contributed by atoms with E-state index < -0.39 is 59.9 Å². The van der Waals surface area contributed by atoms with Crippen LogP contribution in [0, 0.1) is 5.92 Å². The first kappa shape index (κ1) is 35.5. The number of carbonyl (C=O) groups excluding carboxylic acids is 3. The molecule has 3 aliphatic heterocycles. The fraction of sp³-hybridized carbons (Fsp3) is 0.545. The quantitative estimate of drug-likeness (QED) is 0.272. The lowest BCUT2D eigenvalue weighted by molar-refractivity contribution is -0.174. The first-order valence-electron chi connectivity index (χ1n) is 15.9. The molecule has 2 aromatic rings. The molecule has 262 valence electrons. The molecule has 48 heavy (non-hydrogen) atoms. The van der Waals surface area contributed by atoms with Crippen LogP contribution in [0.3, 0.4) is 0 Å². The van der Waals surface area contributed by atoms with Crippen molar-refractivity contribution in [2.75, 3.05) is 32.8 Å². The van der Waals surface area contributed by atoms with Gasteiger partial charge in [0.2, 0.25) is 11.8 Å². The van der Waals surface area contributed by atoms with Gasteiger partial charge in [-0.25, -0.2) is 4.79 Å². The molecular weight excluding hydrogens is 646 g/mol. The molecule has 1 unspecified atom stereocenters. The minimum absolute atomic E-state index is 0.000117. The van der Waals surface area contributed by atoms with Crippen LogP contribution in [0.2, 0.25) is 0 Å². The SMILES string of the molecule is NCCCC[C@H]1C(=O)N(CC2CCCO2)C[C@@H]2N(C(=O)OCc3cc(C(F)(F)F)cc(C(F)(F)F)c3)C[C@@H](Cc3ccccc3)C(=O)N21. The number of halogens is 6. The van der Waals surface area contributed by atoms with Gasteiger partial charge in [-0.1, -0.05) is 30.3 Å². The van der Waals surface area contributed by atoms with Gasteiger partial charge in [-0.15, -0.1) is 0 Å². The molecule has 0 saturated carbocycles. The molecule has 0 aromatic heterocycles. The van der Waals surface area contributed by atoms with Gasteiger partial charge in [0.25, 0.3) is 0 Å². The average Bonchev–Trinajstić information content (AvgIpc) is 3.55. The van der Waals surface area contributed by atoms with Crippen LogP contribution in [-0.4, -0.2) is 83.7 Å². The Labute approximate surface area is 273 Å². The number of hydrogen-bond donors (Lipinski definition) is 1. The maximum absolute atomic E-state index is 14.1. The summed E-state index contributed by atoms with van der Waals surface area (Å²) in [6, 6.07) is 9.12. The molecule has 3 heterocycles. The van der Waals surface area contributed by atoms with Crippen molar-refractivity contribution in [1.82, 2.24) is 14.7 Å². The van der Waals surface area contributed by atoms with Crippen molar-refractivity contribution < 1.29 is 50.2 Å². The Morgan fingerprint density at radius 1 is 0.917 bits per heavy atom. The molecule has 3 aliphatic rings. The Morgan fingerprint density at radius 2 is 1.60 bits per heavy atom. The second kappa shape index (κ2) is 14.7. The van der Waals surface area contributed by atoms with Gasteiger partial charge in [0, 0.05) is 19.7 Å². The molecular formula is C33H38F6N4O5. The summed E-state index contributed by atoms with van der Waals surface area (Å²) in [4.78, 5) is 46.1. The van der Waals surface area contributed by atoms with Crippen LogP contribution in [0.25, 0.3) is 0 Å². The number of hydrogen-bond acceptors (Lipinski definition) is 6. The Kier molecular flexibility index (Phi) is 10.9. The molecule has 3 saturated heterocycles. The van der Waals surface area contributed by atoms with Crippen molar-refractivity contribution in [2.24, 2.45) is 11.7 Å². The van der Waals surface area contributed by atoms with E-state index in [0.717, 1.165) is 18.4 Å². The van der Waals surface area contributed by atoms with E-state index in [1.807, 2.05) is 18.2 Å². The second-order valence-electron chi connectivity index (χ2n) is 12.4. The summed E-state index contributed by atoms with van der Waals surface area (Å²) in [6.07, 6.45) is -9.19. The number of rotatable bonds is 10. The third-order valence-electron chi connectivity index (χ3n) is 8.97. The van der Waals surface area contributed by atoms with Crippen LogP contribution in [0.1, 0.15) is 54.4 Å². The third kappa shape index (κ3) is 8.23. The van der Waals surface area contributed by atoms with E-state index in [2.05, 4.69) is 0 Å². The number of benzene rings is 2. The molecule has 0 aliphatic carbocycles.